The van der Waals surface area contributed by atoms with Crippen LogP contribution in [0.4, 0.5) is 5.82 Å². The first-order chi connectivity index (χ1) is 15.1. The van der Waals surface area contributed by atoms with E-state index in [0.717, 1.165) is 10.1 Å². The first kappa shape index (κ1) is 18.9. The van der Waals surface area contributed by atoms with Gasteiger partial charge in [0.15, 0.2) is 5.82 Å². The molecule has 156 valence electrons. The second-order valence-corrected chi connectivity index (χ2v) is 7.60. The molecule has 0 fully saturated rings. The monoisotopic (exact) mass is 437 g/mol. The highest BCUT2D eigenvalue weighted by molar-refractivity contribution is 7.13. The van der Waals surface area contributed by atoms with Gasteiger partial charge < -0.3 is 25.0 Å². The molecule has 4 heterocycles. The van der Waals surface area contributed by atoms with E-state index < -0.39 is 11.8 Å². The van der Waals surface area contributed by atoms with Crippen LogP contribution in [0.2, 0.25) is 0 Å². The molecule has 4 aromatic rings. The number of anilines is 1. The highest BCUT2D eigenvalue weighted by Crippen LogP contribution is 2.25. The van der Waals surface area contributed by atoms with E-state index in [1.165, 1.54) is 28.6 Å². The van der Waals surface area contributed by atoms with Crippen molar-refractivity contribution in [3.8, 4) is 0 Å². The Kier molecular flexibility index (Phi) is 4.67. The number of imidazole rings is 1. The number of nitrogens with zero attached hydrogens (tertiary/aromatic N) is 4. The summed E-state index contributed by atoms with van der Waals surface area (Å²) in [5.41, 5.74) is 1.49. The van der Waals surface area contributed by atoms with Crippen molar-refractivity contribution in [1.29, 1.82) is 0 Å². The Balaban J connectivity index is 1.43. The van der Waals surface area contributed by atoms with Crippen molar-refractivity contribution < 1.29 is 18.9 Å². The molecule has 1 aliphatic heterocycles. The molecule has 12 heteroatoms. The van der Waals surface area contributed by atoms with Crippen LogP contribution in [0.15, 0.2) is 41.2 Å². The second kappa shape index (κ2) is 7.65. The minimum absolute atomic E-state index is 0.0275. The van der Waals surface area contributed by atoms with Gasteiger partial charge in [0.1, 0.15) is 18.5 Å². The molecule has 0 radical (unpaired) electrons. The number of benzene rings is 1. The fourth-order valence-electron chi connectivity index (χ4n) is 3.28. The summed E-state index contributed by atoms with van der Waals surface area (Å²) in [7, 11) is 0. The van der Waals surface area contributed by atoms with Gasteiger partial charge in [-0.15, -0.1) is 0 Å². The van der Waals surface area contributed by atoms with Crippen LogP contribution in [0.5, 0.6) is 0 Å². The van der Waals surface area contributed by atoms with E-state index in [2.05, 4.69) is 30.5 Å². The van der Waals surface area contributed by atoms with E-state index >= 15 is 0 Å². The van der Waals surface area contributed by atoms with Crippen LogP contribution in [-0.2, 0) is 24.4 Å². The average molecular weight is 437 g/mol. The topological polar surface area (TPSA) is 144 Å². The van der Waals surface area contributed by atoms with Gasteiger partial charge in [0.2, 0.25) is 11.7 Å². The van der Waals surface area contributed by atoms with E-state index in [-0.39, 0.29) is 42.9 Å². The van der Waals surface area contributed by atoms with Crippen molar-refractivity contribution in [3.63, 3.8) is 0 Å². The quantitative estimate of drug-likeness (QED) is 0.427. The Morgan fingerprint density at radius 2 is 2.13 bits per heavy atom. The molecule has 0 aliphatic carbocycles. The summed E-state index contributed by atoms with van der Waals surface area (Å²) >= 11 is 1.23. The van der Waals surface area contributed by atoms with Crippen LogP contribution in [-0.4, -0.2) is 36.8 Å². The number of hydrogen-bond donors (Lipinski definition) is 3. The zero-order valence-electron chi connectivity index (χ0n) is 15.9. The third-order valence-electron chi connectivity index (χ3n) is 4.79. The minimum atomic E-state index is -0.489. The lowest BCUT2D eigenvalue weighted by Crippen LogP contribution is -2.37. The fourth-order valence-corrected chi connectivity index (χ4v) is 4.06. The maximum Gasteiger partial charge on any atom is 0.287 e. The molecule has 0 saturated heterocycles. The molecule has 3 N–H and O–H groups in total. The van der Waals surface area contributed by atoms with Gasteiger partial charge in [0.25, 0.3) is 11.8 Å². The number of rotatable bonds is 5. The highest BCUT2D eigenvalue weighted by atomic mass is 32.1. The summed E-state index contributed by atoms with van der Waals surface area (Å²) in [6, 6.07) is 7.41. The van der Waals surface area contributed by atoms with Crippen molar-refractivity contribution in [2.45, 2.75) is 19.6 Å². The molecule has 0 atom stereocenters. The zero-order chi connectivity index (χ0) is 21.4. The molecule has 0 saturated carbocycles. The Bertz CT molecular complexity index is 1310. The van der Waals surface area contributed by atoms with Crippen LogP contribution in [0.25, 0.3) is 10.1 Å². The minimum Gasteiger partial charge on any atom is -0.364 e. The molecule has 31 heavy (non-hydrogen) atoms. The maximum absolute atomic E-state index is 12.9. The molecule has 3 amide bonds. The van der Waals surface area contributed by atoms with Crippen LogP contribution in [0.1, 0.15) is 32.4 Å². The van der Waals surface area contributed by atoms with Crippen molar-refractivity contribution in [2.75, 3.05) is 5.32 Å². The fraction of sp³-hybridized carbons (Fsp3) is 0.158. The number of amides is 3. The Labute approximate surface area is 178 Å². The molecule has 5 rings (SSSR count). The van der Waals surface area contributed by atoms with Crippen molar-refractivity contribution >= 4 is 45.2 Å². The molecular weight excluding hydrogens is 422 g/mol. The smallest absolute Gasteiger partial charge is 0.287 e. The average Bonchev–Trinajstić information content (AvgIpc) is 3.51. The van der Waals surface area contributed by atoms with Crippen molar-refractivity contribution in [3.05, 3.63) is 59.5 Å². The third kappa shape index (κ3) is 3.53. The number of fused-ring (bicyclic) bond motifs is 2. The maximum atomic E-state index is 12.9. The number of carbonyl (C=O) groups is 3. The lowest BCUT2D eigenvalue weighted by atomic mass is 10.2. The zero-order valence-corrected chi connectivity index (χ0v) is 16.7. The van der Waals surface area contributed by atoms with Crippen LogP contribution in [0.3, 0.4) is 0 Å². The summed E-state index contributed by atoms with van der Waals surface area (Å²) in [5, 5.41) is 12.5. The van der Waals surface area contributed by atoms with E-state index in [0.29, 0.717) is 11.3 Å². The predicted molar refractivity (Wildman–Crippen MR) is 109 cm³/mol. The van der Waals surface area contributed by atoms with Gasteiger partial charge in [-0.3, -0.25) is 14.4 Å². The number of aromatic nitrogens is 4. The van der Waals surface area contributed by atoms with Crippen LogP contribution < -0.4 is 16.0 Å². The lowest BCUT2D eigenvalue weighted by molar-refractivity contribution is -0.122. The van der Waals surface area contributed by atoms with Crippen LogP contribution >= 0.6 is 11.5 Å². The summed E-state index contributed by atoms with van der Waals surface area (Å²) in [6.07, 6.45) is 2.90. The normalized spacial score (nSPS) is 13.0. The first-order valence-corrected chi connectivity index (χ1v) is 10.1. The van der Waals surface area contributed by atoms with Gasteiger partial charge in [-0.25, -0.2) is 4.98 Å². The molecule has 11 nitrogen and oxygen atoms in total. The van der Waals surface area contributed by atoms with Gasteiger partial charge in [0, 0.05) is 17.5 Å². The SMILES string of the molecule is O=C1Cn2c(C(=O)NCc3cnoc3)nc(NC(=O)c3nsc4ccccc34)c2CN1. The van der Waals surface area contributed by atoms with Gasteiger partial charge in [-0.1, -0.05) is 23.4 Å². The lowest BCUT2D eigenvalue weighted by Gasteiger charge is -2.17. The van der Waals surface area contributed by atoms with E-state index in [9.17, 15) is 14.4 Å². The van der Waals surface area contributed by atoms with E-state index in [1.807, 2.05) is 24.3 Å². The van der Waals surface area contributed by atoms with E-state index in [4.69, 9.17) is 4.52 Å². The van der Waals surface area contributed by atoms with Crippen LogP contribution in [0, 0.1) is 0 Å². The molecule has 1 aromatic carbocycles. The predicted octanol–water partition coefficient (Wildman–Crippen LogP) is 1.29. The third-order valence-corrected chi connectivity index (χ3v) is 5.62. The summed E-state index contributed by atoms with van der Waals surface area (Å²) in [6.45, 7) is 0.245. The summed E-state index contributed by atoms with van der Waals surface area (Å²) < 4.78 is 11.4. The summed E-state index contributed by atoms with van der Waals surface area (Å²) in [5.74, 6) is -0.943. The molecular formula is C19H15N7O4S. The van der Waals surface area contributed by atoms with Gasteiger partial charge in [0.05, 0.1) is 23.1 Å². The van der Waals surface area contributed by atoms with Gasteiger partial charge >= 0.3 is 0 Å². The number of hydrogen-bond acceptors (Lipinski definition) is 8. The van der Waals surface area contributed by atoms with Crippen molar-refractivity contribution in [2.24, 2.45) is 0 Å². The second-order valence-electron chi connectivity index (χ2n) is 6.79. The Hall–Kier alpha value is -4.06. The summed E-state index contributed by atoms with van der Waals surface area (Å²) in [4.78, 5) is 41.8. The first-order valence-electron chi connectivity index (χ1n) is 9.28. The van der Waals surface area contributed by atoms with Gasteiger partial charge in [-0.2, -0.15) is 4.37 Å². The largest absolute Gasteiger partial charge is 0.364 e. The molecule has 1 aliphatic rings. The molecule has 0 bridgehead atoms. The van der Waals surface area contributed by atoms with Gasteiger partial charge in [-0.05, 0) is 17.6 Å². The molecule has 3 aromatic heterocycles. The molecule has 0 unspecified atom stereocenters. The highest BCUT2D eigenvalue weighted by Gasteiger charge is 2.28. The molecule has 0 spiro atoms. The standard InChI is InChI=1S/C19H15N7O4S/c27-14-8-26-12(7-20-14)16(23-17(26)19(29)21-5-10-6-22-30-9-10)24-18(28)15-11-3-1-2-4-13(11)31-25-15/h1-4,6,9H,5,7-8H2,(H,20,27)(H,21,29)(H,24,28). The van der Waals surface area contributed by atoms with E-state index in [1.54, 1.807) is 0 Å². The number of carbonyl (C=O) groups excluding carboxylic acids is 3. The van der Waals surface area contributed by atoms with Crippen molar-refractivity contribution in [1.82, 2.24) is 29.7 Å². The number of nitrogens with one attached hydrogen (secondary N) is 3. The Morgan fingerprint density at radius 3 is 2.97 bits per heavy atom. The Morgan fingerprint density at radius 1 is 1.26 bits per heavy atom.